The second kappa shape index (κ2) is 8.94. The molecule has 0 heterocycles. The predicted molar refractivity (Wildman–Crippen MR) is 92.3 cm³/mol. The third kappa shape index (κ3) is 5.92. The fraction of sp³-hybridized carbons (Fsp3) is 0.143. The normalized spacial score (nSPS) is 13.7. The minimum atomic E-state index is -3.29. The zero-order chi connectivity index (χ0) is 16.4. The molecule has 2 aromatic rings. The van der Waals surface area contributed by atoms with E-state index in [1.165, 1.54) is 31.4 Å². The fourth-order valence-electron chi connectivity index (χ4n) is 1.75. The van der Waals surface area contributed by atoms with Gasteiger partial charge in [0.1, 0.15) is 5.75 Å². The second-order valence-electron chi connectivity index (χ2n) is 4.51. The maximum Gasteiger partial charge on any atom is 1.00 e. The van der Waals surface area contributed by atoms with Gasteiger partial charge in [0, 0.05) is 6.26 Å². The summed E-state index contributed by atoms with van der Waals surface area (Å²) in [6.45, 7) is 0. The Morgan fingerprint density at radius 3 is 2.22 bits per heavy atom. The van der Waals surface area contributed by atoms with Crippen molar-refractivity contribution >= 4 is 43.8 Å². The Balaban J connectivity index is 0.00000264. The Bertz CT molecular complexity index is 822. The number of sulfone groups is 1. The summed E-state index contributed by atoms with van der Waals surface area (Å²) < 4.78 is 28.1. The number of ether oxygens (including phenoxy) is 1. The molecule has 9 heteroatoms. The van der Waals surface area contributed by atoms with E-state index in [1.54, 1.807) is 12.1 Å². The van der Waals surface area contributed by atoms with Crippen molar-refractivity contribution < 1.29 is 69.4 Å². The first-order valence-corrected chi connectivity index (χ1v) is 12.2. The van der Waals surface area contributed by atoms with Crippen LogP contribution >= 0.6 is 16.8 Å². The zero-order valence-electron chi connectivity index (χ0n) is 12.9. The fourth-order valence-corrected chi connectivity index (χ4v) is 6.64. The van der Waals surface area contributed by atoms with Crippen molar-refractivity contribution in [1.82, 2.24) is 0 Å². The van der Waals surface area contributed by atoms with Crippen LogP contribution in [0.1, 0.15) is 0 Å². The third-order valence-corrected chi connectivity index (χ3v) is 8.95. The molecule has 0 saturated heterocycles. The number of hydrogen-bond acceptors (Lipinski definition) is 6. The van der Waals surface area contributed by atoms with E-state index in [9.17, 15) is 13.3 Å². The SMILES string of the molecule is COc1ccccc1SP([O-])(=S)c1ccc(S(C)(=O)=O)cc1.[K+]. The number of benzene rings is 2. The van der Waals surface area contributed by atoms with E-state index in [4.69, 9.17) is 16.5 Å². The Hall–Kier alpha value is 0.786. The van der Waals surface area contributed by atoms with Gasteiger partial charge in [-0.3, -0.25) is 0 Å². The smallest absolute Gasteiger partial charge is 0.810 e. The average molecular weight is 413 g/mol. The van der Waals surface area contributed by atoms with Gasteiger partial charge in [0.25, 0.3) is 0 Å². The quantitative estimate of drug-likeness (QED) is 0.473. The molecule has 1 atom stereocenters. The van der Waals surface area contributed by atoms with Crippen LogP contribution < -0.4 is 66.3 Å². The van der Waals surface area contributed by atoms with E-state index in [1.807, 2.05) is 12.1 Å². The molecule has 0 aliphatic carbocycles. The van der Waals surface area contributed by atoms with Crippen molar-refractivity contribution in [1.29, 1.82) is 0 Å². The summed E-state index contributed by atoms with van der Waals surface area (Å²) in [6.07, 6.45) is 1.12. The van der Waals surface area contributed by atoms with Crippen molar-refractivity contribution in [2.24, 2.45) is 0 Å². The molecule has 0 spiro atoms. The molecular weight excluding hydrogens is 398 g/mol. The van der Waals surface area contributed by atoms with Crippen molar-refractivity contribution in [2.45, 2.75) is 9.79 Å². The Kier molecular flexibility index (Phi) is 8.48. The molecule has 4 nitrogen and oxygen atoms in total. The molecular formula is C14H14KO4PS3. The molecule has 0 radical (unpaired) electrons. The van der Waals surface area contributed by atoms with Crippen LogP contribution in [0, 0.1) is 0 Å². The van der Waals surface area contributed by atoms with Gasteiger partial charge in [-0.05, 0) is 35.0 Å². The monoisotopic (exact) mass is 412 g/mol. The molecule has 0 amide bonds. The van der Waals surface area contributed by atoms with Crippen molar-refractivity contribution in [3.63, 3.8) is 0 Å². The first-order chi connectivity index (χ1) is 10.2. The third-order valence-electron chi connectivity index (χ3n) is 2.87. The van der Waals surface area contributed by atoms with E-state index in [2.05, 4.69) is 0 Å². The Morgan fingerprint density at radius 2 is 1.70 bits per heavy atom. The maximum atomic E-state index is 12.8. The van der Waals surface area contributed by atoms with Crippen LogP contribution in [0.4, 0.5) is 0 Å². The number of para-hydroxylation sites is 1. The summed E-state index contributed by atoms with van der Waals surface area (Å²) in [4.78, 5) is 13.7. The summed E-state index contributed by atoms with van der Waals surface area (Å²) >= 11 is 6.31. The van der Waals surface area contributed by atoms with Gasteiger partial charge in [-0.2, -0.15) is 0 Å². The van der Waals surface area contributed by atoms with Crippen LogP contribution in [0.3, 0.4) is 0 Å². The molecule has 0 N–H and O–H groups in total. The second-order valence-corrected chi connectivity index (χ2v) is 13.0. The largest absolute Gasteiger partial charge is 1.00 e. The standard InChI is InChI=1S/C14H15O4PS3.K/c1-18-13-5-3-4-6-14(13)21-19(15,20)11-7-9-12(10-8-11)22(2,16)17;/h3-10H,1-2H3,(H,15,20);/q;+1/p-1. The topological polar surface area (TPSA) is 66.4 Å². The molecule has 2 rings (SSSR count). The molecule has 0 bridgehead atoms. The number of methoxy groups -OCH3 is 1. The average Bonchev–Trinajstić information content (AvgIpc) is 2.47. The summed E-state index contributed by atoms with van der Waals surface area (Å²) in [7, 11) is -1.75. The van der Waals surface area contributed by atoms with Gasteiger partial charge in [-0.15, -0.1) is 0 Å². The van der Waals surface area contributed by atoms with Gasteiger partial charge in [-0.1, -0.05) is 47.5 Å². The van der Waals surface area contributed by atoms with Gasteiger partial charge in [-0.25, -0.2) is 8.42 Å². The molecule has 23 heavy (non-hydrogen) atoms. The van der Waals surface area contributed by atoms with Crippen molar-refractivity contribution in [3.05, 3.63) is 48.5 Å². The Morgan fingerprint density at radius 1 is 1.13 bits per heavy atom. The summed E-state index contributed by atoms with van der Waals surface area (Å²) in [6, 6.07) is 13.0. The minimum Gasteiger partial charge on any atom is -0.810 e. The first-order valence-electron chi connectivity index (χ1n) is 6.18. The van der Waals surface area contributed by atoms with Gasteiger partial charge >= 0.3 is 51.4 Å². The van der Waals surface area contributed by atoms with Crippen LogP contribution in [0.5, 0.6) is 5.75 Å². The van der Waals surface area contributed by atoms with Gasteiger partial charge in [0.2, 0.25) is 0 Å². The number of hydrogen-bond donors (Lipinski definition) is 0. The van der Waals surface area contributed by atoms with E-state index in [-0.39, 0.29) is 56.3 Å². The van der Waals surface area contributed by atoms with Crippen molar-refractivity contribution in [2.75, 3.05) is 13.4 Å². The molecule has 0 aromatic heterocycles. The van der Waals surface area contributed by atoms with Gasteiger partial charge in [0.15, 0.2) is 9.84 Å². The van der Waals surface area contributed by atoms with E-state index < -0.39 is 15.3 Å². The van der Waals surface area contributed by atoms with Crippen molar-refractivity contribution in [3.8, 4) is 5.75 Å². The van der Waals surface area contributed by atoms with Gasteiger partial charge in [0.05, 0.1) is 16.9 Å². The predicted octanol–water partition coefficient (Wildman–Crippen LogP) is -0.810. The van der Waals surface area contributed by atoms with Crippen LogP contribution in [-0.2, 0) is 21.6 Å². The van der Waals surface area contributed by atoms with Gasteiger partial charge < -0.3 is 9.63 Å². The van der Waals surface area contributed by atoms with E-state index in [0.29, 0.717) is 15.9 Å². The molecule has 2 aromatic carbocycles. The molecule has 0 fully saturated rings. The van der Waals surface area contributed by atoms with Crippen LogP contribution in [0.25, 0.3) is 0 Å². The molecule has 0 saturated carbocycles. The minimum absolute atomic E-state index is 0. The maximum absolute atomic E-state index is 12.8. The van der Waals surface area contributed by atoms with Crippen LogP contribution in [-0.4, -0.2) is 21.8 Å². The van der Waals surface area contributed by atoms with Crippen LogP contribution in [0.15, 0.2) is 58.3 Å². The first kappa shape index (κ1) is 21.8. The van der Waals surface area contributed by atoms with E-state index >= 15 is 0 Å². The summed E-state index contributed by atoms with van der Waals surface area (Å²) in [5, 5.41) is 0.436. The zero-order valence-corrected chi connectivity index (χ0v) is 19.4. The summed E-state index contributed by atoms with van der Waals surface area (Å²) in [5.41, 5.74) is -3.15. The summed E-state index contributed by atoms with van der Waals surface area (Å²) in [5.74, 6) is 0.602. The molecule has 0 aliphatic heterocycles. The molecule has 0 aliphatic rings. The van der Waals surface area contributed by atoms with E-state index in [0.717, 1.165) is 17.6 Å². The molecule has 1 unspecified atom stereocenters. The molecule has 118 valence electrons. The number of rotatable bonds is 5. The van der Waals surface area contributed by atoms with Crippen LogP contribution in [0.2, 0.25) is 0 Å². The Labute approximate surface area is 188 Å².